The smallest absolute Gasteiger partial charge is 0.404 e. The van der Waals surface area contributed by atoms with Crippen molar-refractivity contribution in [3.63, 3.8) is 0 Å². The van der Waals surface area contributed by atoms with Crippen LogP contribution in [0.5, 0.6) is 5.75 Å². The highest BCUT2D eigenvalue weighted by Crippen LogP contribution is 2.30. The summed E-state index contributed by atoms with van der Waals surface area (Å²) in [6.07, 6.45) is -4.83. The number of halogens is 4. The number of alkyl halides is 3. The summed E-state index contributed by atoms with van der Waals surface area (Å²) < 4.78 is 39.5. The molecule has 0 saturated heterocycles. The molecule has 0 unspecified atom stereocenters. The summed E-state index contributed by atoms with van der Waals surface area (Å²) >= 11 is 5.55. The van der Waals surface area contributed by atoms with Crippen molar-refractivity contribution in [2.45, 2.75) is 13.3 Å². The Morgan fingerprint density at radius 2 is 2.00 bits per heavy atom. The molecule has 0 heterocycles. The molecule has 15 heavy (non-hydrogen) atoms. The summed E-state index contributed by atoms with van der Waals surface area (Å²) in [6.45, 7) is 1.48. The highest BCUT2D eigenvalue weighted by Gasteiger charge is 2.32. The summed E-state index contributed by atoms with van der Waals surface area (Å²) in [5, 5.41) is 8.74. The first kappa shape index (κ1) is 11.7. The second kappa shape index (κ2) is 3.99. The van der Waals surface area contributed by atoms with Crippen LogP contribution >= 0.6 is 11.6 Å². The Kier molecular flexibility index (Phi) is 3.10. The summed E-state index contributed by atoms with van der Waals surface area (Å²) in [4.78, 5) is 0. The van der Waals surface area contributed by atoms with E-state index in [4.69, 9.17) is 16.9 Å². The molecular weight excluding hydrogens is 231 g/mol. The molecule has 0 aromatic heterocycles. The van der Waals surface area contributed by atoms with E-state index in [1.165, 1.54) is 13.0 Å². The van der Waals surface area contributed by atoms with Crippen LogP contribution in [0.25, 0.3) is 0 Å². The molecule has 0 saturated carbocycles. The Labute approximate surface area is 88.8 Å². The Balaban J connectivity index is 3.23. The van der Waals surface area contributed by atoms with E-state index in [9.17, 15) is 13.2 Å². The lowest BCUT2D eigenvalue weighted by Crippen LogP contribution is -2.18. The normalized spacial score (nSPS) is 10.9. The molecule has 0 aliphatic carbocycles. The third-order valence-corrected chi connectivity index (χ3v) is 1.82. The Bertz CT molecular complexity index is 423. The molecule has 0 spiro atoms. The highest BCUT2D eigenvalue weighted by molar-refractivity contribution is 6.30. The van der Waals surface area contributed by atoms with E-state index < -0.39 is 12.1 Å². The molecule has 0 N–H and O–H groups in total. The second-order valence-corrected chi connectivity index (χ2v) is 3.19. The van der Waals surface area contributed by atoms with E-state index in [2.05, 4.69) is 4.74 Å². The Morgan fingerprint density at radius 3 is 2.47 bits per heavy atom. The highest BCUT2D eigenvalue weighted by atomic mass is 35.5. The summed E-state index contributed by atoms with van der Waals surface area (Å²) in [5.74, 6) is -0.574. The van der Waals surface area contributed by atoms with Gasteiger partial charge in [0, 0.05) is 11.1 Å². The lowest BCUT2D eigenvalue weighted by molar-refractivity contribution is -0.274. The van der Waals surface area contributed by atoms with E-state index in [1.807, 2.05) is 0 Å². The van der Waals surface area contributed by atoms with Crippen molar-refractivity contribution in [3.05, 3.63) is 28.3 Å². The molecule has 0 radical (unpaired) electrons. The summed E-state index contributed by atoms with van der Waals surface area (Å²) in [6, 6.07) is 3.98. The third kappa shape index (κ3) is 3.03. The van der Waals surface area contributed by atoms with Gasteiger partial charge in [0.15, 0.2) is 0 Å². The molecular formula is C9H5ClF3NO. The van der Waals surface area contributed by atoms with Gasteiger partial charge in [-0.15, -0.1) is 13.2 Å². The molecule has 2 nitrogen and oxygen atoms in total. The molecule has 0 aliphatic rings. The number of hydrogen-bond donors (Lipinski definition) is 0. The van der Waals surface area contributed by atoms with Gasteiger partial charge in [0.05, 0.1) is 5.56 Å². The van der Waals surface area contributed by atoms with Gasteiger partial charge in [-0.2, -0.15) is 5.26 Å². The number of nitriles is 1. The van der Waals surface area contributed by atoms with E-state index in [0.717, 1.165) is 6.07 Å². The maximum atomic E-state index is 11.9. The summed E-state index contributed by atoms with van der Waals surface area (Å²) in [7, 11) is 0. The molecule has 0 aliphatic heterocycles. The van der Waals surface area contributed by atoms with Crippen LogP contribution in [0.1, 0.15) is 11.1 Å². The van der Waals surface area contributed by atoms with Crippen LogP contribution in [0, 0.1) is 18.3 Å². The van der Waals surface area contributed by atoms with Crippen molar-refractivity contribution < 1.29 is 17.9 Å². The molecule has 0 atom stereocenters. The maximum Gasteiger partial charge on any atom is 0.573 e. The van der Waals surface area contributed by atoms with E-state index in [0.29, 0.717) is 5.56 Å². The molecule has 0 amide bonds. The van der Waals surface area contributed by atoms with Crippen molar-refractivity contribution in [3.8, 4) is 11.8 Å². The topological polar surface area (TPSA) is 33.0 Å². The van der Waals surface area contributed by atoms with Crippen LogP contribution in [-0.2, 0) is 0 Å². The average molecular weight is 236 g/mol. The van der Waals surface area contributed by atoms with Gasteiger partial charge in [0.2, 0.25) is 0 Å². The largest absolute Gasteiger partial charge is 0.573 e. The first-order valence-corrected chi connectivity index (χ1v) is 4.17. The van der Waals surface area contributed by atoms with Crippen LogP contribution in [-0.4, -0.2) is 6.36 Å². The van der Waals surface area contributed by atoms with Gasteiger partial charge in [-0.05, 0) is 18.6 Å². The SMILES string of the molecule is Cc1cc(Cl)cc(OC(F)(F)F)c1C#N. The van der Waals surface area contributed by atoms with Crippen LogP contribution in [0.3, 0.4) is 0 Å². The van der Waals surface area contributed by atoms with Gasteiger partial charge >= 0.3 is 6.36 Å². The average Bonchev–Trinajstić information content (AvgIpc) is 1.99. The number of rotatable bonds is 1. The molecule has 1 aromatic rings. The quantitative estimate of drug-likeness (QED) is 0.747. The van der Waals surface area contributed by atoms with Crippen molar-refractivity contribution in [2.24, 2.45) is 0 Å². The fraction of sp³-hybridized carbons (Fsp3) is 0.222. The Morgan fingerprint density at radius 1 is 1.40 bits per heavy atom. The number of hydrogen-bond acceptors (Lipinski definition) is 2. The molecule has 1 aromatic carbocycles. The van der Waals surface area contributed by atoms with Crippen molar-refractivity contribution >= 4 is 11.6 Å². The maximum absolute atomic E-state index is 11.9. The van der Waals surface area contributed by atoms with Crippen molar-refractivity contribution in [2.75, 3.05) is 0 Å². The zero-order chi connectivity index (χ0) is 11.6. The van der Waals surface area contributed by atoms with Gasteiger partial charge in [0.25, 0.3) is 0 Å². The Hall–Kier alpha value is -1.41. The van der Waals surface area contributed by atoms with Crippen LogP contribution in [0.4, 0.5) is 13.2 Å². The summed E-state index contributed by atoms with van der Waals surface area (Å²) in [5.41, 5.74) is 0.168. The molecule has 1 rings (SSSR count). The number of benzene rings is 1. The van der Waals surface area contributed by atoms with Crippen molar-refractivity contribution in [1.29, 1.82) is 5.26 Å². The minimum atomic E-state index is -4.83. The van der Waals surface area contributed by atoms with Gasteiger partial charge in [0.1, 0.15) is 11.8 Å². The molecule has 0 bridgehead atoms. The van der Waals surface area contributed by atoms with Gasteiger partial charge < -0.3 is 4.74 Å². The first-order valence-electron chi connectivity index (χ1n) is 3.79. The van der Waals surface area contributed by atoms with Gasteiger partial charge in [-0.3, -0.25) is 0 Å². The minimum absolute atomic E-state index is 0.0887. The van der Waals surface area contributed by atoms with Crippen LogP contribution in [0.2, 0.25) is 5.02 Å². The van der Waals surface area contributed by atoms with Gasteiger partial charge in [-0.25, -0.2) is 0 Å². The number of aryl methyl sites for hydroxylation is 1. The zero-order valence-electron chi connectivity index (χ0n) is 7.52. The number of ether oxygens (including phenoxy) is 1. The van der Waals surface area contributed by atoms with E-state index in [-0.39, 0.29) is 10.6 Å². The van der Waals surface area contributed by atoms with Crippen LogP contribution < -0.4 is 4.74 Å². The minimum Gasteiger partial charge on any atom is -0.404 e. The lowest BCUT2D eigenvalue weighted by atomic mass is 10.1. The number of nitrogens with zero attached hydrogens (tertiary/aromatic N) is 1. The predicted molar refractivity (Wildman–Crippen MR) is 47.6 cm³/mol. The van der Waals surface area contributed by atoms with E-state index >= 15 is 0 Å². The standard InChI is InChI=1S/C9H5ClF3NO/c1-5-2-6(10)3-8(7(5)4-14)15-9(11,12)13/h2-3H,1H3. The first-order chi connectivity index (χ1) is 6.83. The molecule has 80 valence electrons. The van der Waals surface area contributed by atoms with Gasteiger partial charge in [-0.1, -0.05) is 11.6 Å². The fourth-order valence-electron chi connectivity index (χ4n) is 1.06. The van der Waals surface area contributed by atoms with E-state index in [1.54, 1.807) is 6.07 Å². The zero-order valence-corrected chi connectivity index (χ0v) is 8.28. The molecule has 6 heteroatoms. The fourth-order valence-corrected chi connectivity index (χ4v) is 1.32. The second-order valence-electron chi connectivity index (χ2n) is 2.76. The molecule has 0 fully saturated rings. The van der Waals surface area contributed by atoms with Crippen LogP contribution in [0.15, 0.2) is 12.1 Å². The van der Waals surface area contributed by atoms with Crippen molar-refractivity contribution in [1.82, 2.24) is 0 Å². The predicted octanol–water partition coefficient (Wildman–Crippen LogP) is 3.42. The third-order valence-electron chi connectivity index (χ3n) is 1.60. The monoisotopic (exact) mass is 235 g/mol. The lowest BCUT2D eigenvalue weighted by Gasteiger charge is -2.11.